The van der Waals surface area contributed by atoms with Crippen LogP contribution in [0, 0.1) is 10.1 Å². The van der Waals surface area contributed by atoms with Crippen molar-refractivity contribution >= 4 is 12.4 Å². The summed E-state index contributed by atoms with van der Waals surface area (Å²) < 4.78 is 0. The quantitative estimate of drug-likeness (QED) is 0.362. The number of hydrogen-bond acceptors (Lipinski definition) is 3. The second kappa shape index (κ2) is 4.49. The summed E-state index contributed by atoms with van der Waals surface area (Å²) in [7, 11) is 1.00. The molecule has 0 radical (unpaired) electrons. The number of hydrogen-bond donors (Lipinski definition) is 0. The Labute approximate surface area is 40.6 Å². The summed E-state index contributed by atoms with van der Waals surface area (Å²) in [5.41, 5.74) is 0. The zero-order chi connectivity index (χ0) is 4.28. The molecule has 5 heteroatoms. The molecule has 0 amide bonds. The van der Waals surface area contributed by atoms with Crippen molar-refractivity contribution in [1.29, 1.82) is 0 Å². The zero-order valence-corrected chi connectivity index (χ0v) is 3.90. The summed E-state index contributed by atoms with van der Waals surface area (Å²) in [6.45, 7) is 0. The summed E-state index contributed by atoms with van der Waals surface area (Å²) in [6, 6.07) is 0. The van der Waals surface area contributed by atoms with E-state index in [0.717, 1.165) is 7.11 Å². The molecule has 0 saturated heterocycles. The van der Waals surface area contributed by atoms with Crippen LogP contribution in [0.4, 0.5) is 0 Å². The first-order valence-corrected chi connectivity index (χ1v) is 0.956. The van der Waals surface area contributed by atoms with Gasteiger partial charge in [0.25, 0.3) is 5.09 Å². The Bertz CT molecular complexity index is 46.1. The van der Waals surface area contributed by atoms with E-state index >= 15 is 0 Å². The Morgan fingerprint density at radius 1 is 1.83 bits per heavy atom. The van der Waals surface area contributed by atoms with Crippen LogP contribution in [-0.2, 0) is 4.84 Å². The number of rotatable bonds is 1. The third-order valence-electron chi connectivity index (χ3n) is 0.149. The molecule has 38 valence electrons. The predicted molar refractivity (Wildman–Crippen MR) is 21.3 cm³/mol. The fourth-order valence-corrected chi connectivity index (χ4v) is 0. The molecule has 0 spiro atoms. The molecule has 0 bridgehead atoms. The molecular formula is CH4ClNO3. The van der Waals surface area contributed by atoms with Gasteiger partial charge in [-0.05, 0) is 0 Å². The predicted octanol–water partition coefficient (Wildman–Crippen LogP) is 0.246. The summed E-state index contributed by atoms with van der Waals surface area (Å²) in [6.07, 6.45) is 0. The maximum Gasteiger partial charge on any atom is 0.294 e. The van der Waals surface area contributed by atoms with Crippen molar-refractivity contribution in [3.8, 4) is 0 Å². The average molecular weight is 114 g/mol. The Balaban J connectivity index is 0. The Kier molecular flexibility index (Phi) is 6.80. The van der Waals surface area contributed by atoms with Gasteiger partial charge in [-0.25, -0.2) is 0 Å². The third kappa shape index (κ3) is 9.75. The van der Waals surface area contributed by atoms with Gasteiger partial charge in [0.1, 0.15) is 0 Å². The molecule has 0 aliphatic heterocycles. The van der Waals surface area contributed by atoms with Gasteiger partial charge in [0.05, 0.1) is 7.11 Å². The summed E-state index contributed by atoms with van der Waals surface area (Å²) in [4.78, 5) is 12.4. The Hall–Kier alpha value is -0.510. The van der Waals surface area contributed by atoms with Gasteiger partial charge in [0.15, 0.2) is 0 Å². The zero-order valence-electron chi connectivity index (χ0n) is 3.08. The van der Waals surface area contributed by atoms with Gasteiger partial charge in [-0.3, -0.25) is 0 Å². The summed E-state index contributed by atoms with van der Waals surface area (Å²) in [5.74, 6) is 0. The highest BCUT2D eigenvalue weighted by Gasteiger charge is 1.77. The SMILES string of the molecule is CO[N+](=O)[O-].Cl. The lowest BCUT2D eigenvalue weighted by Crippen LogP contribution is -1.91. The second-order valence-corrected chi connectivity index (χ2v) is 0.406. The number of halogens is 1. The van der Waals surface area contributed by atoms with E-state index < -0.39 is 5.09 Å². The van der Waals surface area contributed by atoms with Crippen LogP contribution in [0.3, 0.4) is 0 Å². The lowest BCUT2D eigenvalue weighted by Gasteiger charge is -1.75. The van der Waals surface area contributed by atoms with E-state index in [-0.39, 0.29) is 12.4 Å². The van der Waals surface area contributed by atoms with Crippen LogP contribution in [0.15, 0.2) is 0 Å². The molecule has 0 N–H and O–H groups in total. The topological polar surface area (TPSA) is 52.4 Å². The van der Waals surface area contributed by atoms with Gasteiger partial charge in [-0.1, -0.05) is 0 Å². The molecule has 6 heavy (non-hydrogen) atoms. The first kappa shape index (κ1) is 9.09. The Morgan fingerprint density at radius 2 is 2.00 bits per heavy atom. The standard InChI is InChI=1S/CH3NO3.ClH/c1-5-2(3)4;/h1H3;1H. The second-order valence-electron chi connectivity index (χ2n) is 0.406. The normalized spacial score (nSPS) is 5.50. The molecule has 0 atom stereocenters. The lowest BCUT2D eigenvalue weighted by atomic mass is 11.7. The molecule has 0 unspecified atom stereocenters. The first-order valence-electron chi connectivity index (χ1n) is 0.956. The smallest absolute Gasteiger partial charge is 0.294 e. The van der Waals surface area contributed by atoms with Crippen molar-refractivity contribution in [3.05, 3.63) is 10.1 Å². The van der Waals surface area contributed by atoms with E-state index in [1.165, 1.54) is 0 Å². The molecule has 0 aromatic heterocycles. The highest BCUT2D eigenvalue weighted by Crippen LogP contribution is 1.57. The molecular weight excluding hydrogens is 109 g/mol. The maximum absolute atomic E-state index is 8.95. The molecule has 0 aromatic rings. The van der Waals surface area contributed by atoms with Crippen molar-refractivity contribution in [2.75, 3.05) is 7.11 Å². The minimum Gasteiger partial charge on any atom is -0.317 e. The summed E-state index contributed by atoms with van der Waals surface area (Å²) >= 11 is 0. The molecule has 0 aliphatic rings. The van der Waals surface area contributed by atoms with Gasteiger partial charge in [-0.2, -0.15) is 0 Å². The minimum atomic E-state index is -0.875. The number of nitrogens with zero attached hydrogens (tertiary/aromatic N) is 1. The van der Waals surface area contributed by atoms with E-state index in [1.54, 1.807) is 0 Å². The monoisotopic (exact) mass is 113 g/mol. The van der Waals surface area contributed by atoms with E-state index in [1.807, 2.05) is 0 Å². The van der Waals surface area contributed by atoms with Crippen LogP contribution in [-0.4, -0.2) is 12.2 Å². The molecule has 0 saturated carbocycles. The maximum atomic E-state index is 8.95. The highest BCUT2D eigenvalue weighted by atomic mass is 35.5. The molecule has 4 nitrogen and oxygen atoms in total. The molecule has 0 fully saturated rings. The highest BCUT2D eigenvalue weighted by molar-refractivity contribution is 5.85. The van der Waals surface area contributed by atoms with Crippen molar-refractivity contribution in [3.63, 3.8) is 0 Å². The minimum absolute atomic E-state index is 0. The van der Waals surface area contributed by atoms with E-state index in [4.69, 9.17) is 10.1 Å². The van der Waals surface area contributed by atoms with Crippen LogP contribution in [0.1, 0.15) is 0 Å². The van der Waals surface area contributed by atoms with Gasteiger partial charge in [0.2, 0.25) is 0 Å². The first-order chi connectivity index (χ1) is 2.27. The molecule has 0 aliphatic carbocycles. The molecule has 0 heterocycles. The fourth-order valence-electron chi connectivity index (χ4n) is 0. The van der Waals surface area contributed by atoms with Crippen LogP contribution in [0.2, 0.25) is 0 Å². The van der Waals surface area contributed by atoms with Crippen LogP contribution < -0.4 is 0 Å². The largest absolute Gasteiger partial charge is 0.317 e. The van der Waals surface area contributed by atoms with E-state index in [0.29, 0.717) is 0 Å². The summed E-state index contributed by atoms with van der Waals surface area (Å²) in [5, 5.41) is 8.08. The molecule has 0 rings (SSSR count). The van der Waals surface area contributed by atoms with Gasteiger partial charge in [0, 0.05) is 0 Å². The van der Waals surface area contributed by atoms with Crippen molar-refractivity contribution in [2.24, 2.45) is 0 Å². The van der Waals surface area contributed by atoms with Crippen LogP contribution in [0.25, 0.3) is 0 Å². The van der Waals surface area contributed by atoms with Crippen molar-refractivity contribution < 1.29 is 9.92 Å². The van der Waals surface area contributed by atoms with Gasteiger partial charge in [-0.15, -0.1) is 22.5 Å². The van der Waals surface area contributed by atoms with E-state index in [2.05, 4.69) is 4.84 Å². The van der Waals surface area contributed by atoms with Crippen LogP contribution >= 0.6 is 12.4 Å². The lowest BCUT2D eigenvalue weighted by molar-refractivity contribution is -0.749. The third-order valence-corrected chi connectivity index (χ3v) is 0.149. The van der Waals surface area contributed by atoms with Gasteiger partial charge >= 0.3 is 0 Å². The van der Waals surface area contributed by atoms with Crippen LogP contribution in [0.5, 0.6) is 0 Å². The van der Waals surface area contributed by atoms with Crippen molar-refractivity contribution in [1.82, 2.24) is 0 Å². The fraction of sp³-hybridized carbons (Fsp3) is 1.00. The average Bonchev–Trinajstić information content (AvgIpc) is 1.38. The Morgan fingerprint density at radius 3 is 2.00 bits per heavy atom. The van der Waals surface area contributed by atoms with E-state index in [9.17, 15) is 0 Å². The van der Waals surface area contributed by atoms with Crippen molar-refractivity contribution in [2.45, 2.75) is 0 Å². The molecule has 0 aromatic carbocycles. The van der Waals surface area contributed by atoms with Gasteiger partial charge < -0.3 is 4.84 Å².